The molecule has 0 amide bonds. The molecule has 3 rings (SSSR count). The number of nitrogens with one attached hydrogen (secondary N) is 1. The van der Waals surface area contributed by atoms with Crippen molar-refractivity contribution in [2.45, 2.75) is 20.4 Å². The number of fused-ring (bicyclic) bond motifs is 1. The minimum atomic E-state index is 0.339. The normalized spacial score (nSPS) is 10.8. The summed E-state index contributed by atoms with van der Waals surface area (Å²) in [6.07, 6.45) is 0. The summed E-state index contributed by atoms with van der Waals surface area (Å²) in [7, 11) is 0. The molecule has 106 valence electrons. The highest BCUT2D eigenvalue weighted by Crippen LogP contribution is 2.28. The standard InChI is InChI=1S/C19H19NO/c1-13-7-9-18(14(2)11-13)20-12-17-16-6-4-3-5-15(16)8-10-19(17)21/h3-11,20-21H,12H2,1-2H3. The lowest BCUT2D eigenvalue weighted by Crippen LogP contribution is -2.02. The van der Waals surface area contributed by atoms with E-state index in [4.69, 9.17) is 0 Å². The molecule has 0 saturated heterocycles. The van der Waals surface area contributed by atoms with E-state index in [1.807, 2.05) is 24.3 Å². The number of phenolic OH excluding ortho intramolecular Hbond substituents is 1. The van der Waals surface area contributed by atoms with Gasteiger partial charge in [-0.25, -0.2) is 0 Å². The van der Waals surface area contributed by atoms with E-state index in [-0.39, 0.29) is 0 Å². The zero-order chi connectivity index (χ0) is 14.8. The smallest absolute Gasteiger partial charge is 0.121 e. The summed E-state index contributed by atoms with van der Waals surface area (Å²) in [6.45, 7) is 4.79. The van der Waals surface area contributed by atoms with Gasteiger partial charge in [0, 0.05) is 17.8 Å². The molecule has 2 N–H and O–H groups in total. The number of benzene rings is 3. The largest absolute Gasteiger partial charge is 0.508 e. The summed E-state index contributed by atoms with van der Waals surface area (Å²) in [5.74, 6) is 0.339. The third kappa shape index (κ3) is 2.70. The molecule has 0 unspecified atom stereocenters. The molecular formula is C19H19NO. The van der Waals surface area contributed by atoms with E-state index in [1.165, 1.54) is 11.1 Å². The summed E-state index contributed by atoms with van der Waals surface area (Å²) < 4.78 is 0. The van der Waals surface area contributed by atoms with Crippen LogP contribution in [0.1, 0.15) is 16.7 Å². The lowest BCUT2D eigenvalue weighted by Gasteiger charge is -2.13. The molecule has 0 fully saturated rings. The highest BCUT2D eigenvalue weighted by molar-refractivity contribution is 5.87. The average molecular weight is 277 g/mol. The fourth-order valence-corrected chi connectivity index (χ4v) is 2.71. The van der Waals surface area contributed by atoms with Crippen LogP contribution in [-0.2, 0) is 6.54 Å². The van der Waals surface area contributed by atoms with Crippen molar-refractivity contribution < 1.29 is 5.11 Å². The summed E-state index contributed by atoms with van der Waals surface area (Å²) in [6, 6.07) is 18.2. The SMILES string of the molecule is Cc1ccc(NCc2c(O)ccc3ccccc23)c(C)c1. The molecule has 0 heterocycles. The van der Waals surface area contributed by atoms with Gasteiger partial charge in [0.2, 0.25) is 0 Å². The first kappa shape index (κ1) is 13.5. The molecule has 21 heavy (non-hydrogen) atoms. The van der Waals surface area contributed by atoms with Crippen LogP contribution in [0.15, 0.2) is 54.6 Å². The van der Waals surface area contributed by atoms with E-state index in [1.54, 1.807) is 6.07 Å². The number of phenols is 1. The maximum atomic E-state index is 10.2. The Morgan fingerprint density at radius 1 is 0.952 bits per heavy atom. The lowest BCUT2D eigenvalue weighted by atomic mass is 10.0. The van der Waals surface area contributed by atoms with Gasteiger partial charge in [0.1, 0.15) is 5.75 Å². The highest BCUT2D eigenvalue weighted by Gasteiger charge is 2.07. The van der Waals surface area contributed by atoms with E-state index in [0.29, 0.717) is 12.3 Å². The molecule has 0 radical (unpaired) electrons. The van der Waals surface area contributed by atoms with Gasteiger partial charge in [0.15, 0.2) is 0 Å². The van der Waals surface area contributed by atoms with Crippen LogP contribution in [0.3, 0.4) is 0 Å². The number of aromatic hydroxyl groups is 1. The Morgan fingerprint density at radius 2 is 1.76 bits per heavy atom. The number of hydrogen-bond acceptors (Lipinski definition) is 2. The average Bonchev–Trinajstić information content (AvgIpc) is 2.48. The number of rotatable bonds is 3. The first-order valence-corrected chi connectivity index (χ1v) is 7.16. The Labute approximate surface area is 125 Å². The molecule has 0 aromatic heterocycles. The molecular weight excluding hydrogens is 258 g/mol. The molecule has 0 aliphatic rings. The second-order valence-electron chi connectivity index (χ2n) is 5.46. The predicted molar refractivity (Wildman–Crippen MR) is 88.9 cm³/mol. The quantitative estimate of drug-likeness (QED) is 0.722. The Morgan fingerprint density at radius 3 is 2.57 bits per heavy atom. The fraction of sp³-hybridized carbons (Fsp3) is 0.158. The van der Waals surface area contributed by atoms with Gasteiger partial charge in [0.05, 0.1) is 0 Å². The Kier molecular flexibility index (Phi) is 3.53. The molecule has 0 atom stereocenters. The highest BCUT2D eigenvalue weighted by atomic mass is 16.3. The van der Waals surface area contributed by atoms with Crippen molar-refractivity contribution in [2.24, 2.45) is 0 Å². The van der Waals surface area contributed by atoms with Gasteiger partial charge in [-0.2, -0.15) is 0 Å². The summed E-state index contributed by atoms with van der Waals surface area (Å²) >= 11 is 0. The summed E-state index contributed by atoms with van der Waals surface area (Å²) in [4.78, 5) is 0. The van der Waals surface area contributed by atoms with Crippen molar-refractivity contribution >= 4 is 16.5 Å². The van der Waals surface area contributed by atoms with Gasteiger partial charge in [-0.3, -0.25) is 0 Å². The van der Waals surface area contributed by atoms with Gasteiger partial charge < -0.3 is 10.4 Å². The zero-order valence-electron chi connectivity index (χ0n) is 12.4. The van der Waals surface area contributed by atoms with Crippen LogP contribution in [0.25, 0.3) is 10.8 Å². The molecule has 3 aromatic carbocycles. The van der Waals surface area contributed by atoms with Crippen LogP contribution in [0, 0.1) is 13.8 Å². The second-order valence-corrected chi connectivity index (χ2v) is 5.46. The van der Waals surface area contributed by atoms with E-state index in [2.05, 4.69) is 43.4 Å². The van der Waals surface area contributed by atoms with Gasteiger partial charge in [-0.1, -0.05) is 48.0 Å². The van der Waals surface area contributed by atoms with Gasteiger partial charge >= 0.3 is 0 Å². The molecule has 3 aromatic rings. The molecule has 0 bridgehead atoms. The Balaban J connectivity index is 1.93. The van der Waals surface area contributed by atoms with Crippen LogP contribution in [0.4, 0.5) is 5.69 Å². The molecule has 0 aliphatic heterocycles. The first-order chi connectivity index (χ1) is 10.1. The molecule has 0 spiro atoms. The van der Waals surface area contributed by atoms with Gasteiger partial charge in [-0.15, -0.1) is 0 Å². The molecule has 0 aliphatic carbocycles. The number of hydrogen-bond donors (Lipinski definition) is 2. The Bertz CT molecular complexity index is 793. The van der Waals surface area contributed by atoms with E-state index in [9.17, 15) is 5.11 Å². The monoisotopic (exact) mass is 277 g/mol. The van der Waals surface area contributed by atoms with E-state index >= 15 is 0 Å². The molecule has 2 nitrogen and oxygen atoms in total. The van der Waals surface area contributed by atoms with Crippen LogP contribution in [0.5, 0.6) is 5.75 Å². The topological polar surface area (TPSA) is 32.3 Å². The molecule has 2 heteroatoms. The zero-order valence-corrected chi connectivity index (χ0v) is 12.4. The van der Waals surface area contributed by atoms with E-state index in [0.717, 1.165) is 22.0 Å². The Hall–Kier alpha value is -2.48. The third-order valence-corrected chi connectivity index (χ3v) is 3.85. The number of aryl methyl sites for hydroxylation is 2. The maximum Gasteiger partial charge on any atom is 0.121 e. The number of anilines is 1. The van der Waals surface area contributed by atoms with Crippen LogP contribution in [-0.4, -0.2) is 5.11 Å². The fourth-order valence-electron chi connectivity index (χ4n) is 2.71. The predicted octanol–water partition coefficient (Wildman–Crippen LogP) is 4.77. The van der Waals surface area contributed by atoms with Crippen LogP contribution < -0.4 is 5.32 Å². The van der Waals surface area contributed by atoms with Crippen molar-refractivity contribution in [3.05, 3.63) is 71.3 Å². The van der Waals surface area contributed by atoms with Crippen molar-refractivity contribution in [3.8, 4) is 5.75 Å². The minimum absolute atomic E-state index is 0.339. The van der Waals surface area contributed by atoms with Crippen molar-refractivity contribution in [1.82, 2.24) is 0 Å². The maximum absolute atomic E-state index is 10.2. The van der Waals surface area contributed by atoms with Crippen molar-refractivity contribution in [2.75, 3.05) is 5.32 Å². The van der Waals surface area contributed by atoms with Crippen LogP contribution in [0.2, 0.25) is 0 Å². The van der Waals surface area contributed by atoms with E-state index < -0.39 is 0 Å². The van der Waals surface area contributed by atoms with Crippen molar-refractivity contribution in [3.63, 3.8) is 0 Å². The first-order valence-electron chi connectivity index (χ1n) is 7.16. The molecule has 0 saturated carbocycles. The van der Waals surface area contributed by atoms with Crippen LogP contribution >= 0.6 is 0 Å². The van der Waals surface area contributed by atoms with Gasteiger partial charge in [0.25, 0.3) is 0 Å². The third-order valence-electron chi connectivity index (χ3n) is 3.85. The second kappa shape index (κ2) is 5.49. The summed E-state index contributed by atoms with van der Waals surface area (Å²) in [5, 5.41) is 15.8. The summed E-state index contributed by atoms with van der Waals surface area (Å²) in [5.41, 5.74) is 4.52. The lowest BCUT2D eigenvalue weighted by molar-refractivity contribution is 0.470. The van der Waals surface area contributed by atoms with Crippen molar-refractivity contribution in [1.29, 1.82) is 0 Å². The van der Waals surface area contributed by atoms with Gasteiger partial charge in [-0.05, 0) is 42.3 Å². The minimum Gasteiger partial charge on any atom is -0.508 e.